The number of methoxy groups -OCH3 is 1. The maximum Gasteiger partial charge on any atom is 0.253 e. The van der Waals surface area contributed by atoms with E-state index in [0.717, 1.165) is 12.8 Å². The van der Waals surface area contributed by atoms with Gasteiger partial charge in [0.2, 0.25) is 0 Å². The van der Waals surface area contributed by atoms with E-state index in [4.69, 9.17) is 4.74 Å². The summed E-state index contributed by atoms with van der Waals surface area (Å²) in [6.45, 7) is 4.09. The third-order valence-corrected chi connectivity index (χ3v) is 2.69. The van der Waals surface area contributed by atoms with Gasteiger partial charge in [-0.3, -0.25) is 0 Å². The van der Waals surface area contributed by atoms with Crippen LogP contribution in [0.25, 0.3) is 0 Å². The molecule has 0 aromatic carbocycles. The molecule has 0 saturated heterocycles. The molecule has 0 aliphatic heterocycles. The van der Waals surface area contributed by atoms with Crippen LogP contribution in [0.3, 0.4) is 0 Å². The maximum absolute atomic E-state index is 11.5. The minimum absolute atomic E-state index is 0.292. The van der Waals surface area contributed by atoms with Gasteiger partial charge in [0.25, 0.3) is 6.20 Å². The van der Waals surface area contributed by atoms with Crippen molar-refractivity contribution in [3.05, 3.63) is 17.2 Å². The first-order valence-corrected chi connectivity index (χ1v) is 6.68. The Kier molecular flexibility index (Phi) is 10.6. The number of allylic oxidation sites excluding steroid dienone is 1. The number of nitrogens with zero attached hydrogens (tertiary/aromatic N) is 1. The molecule has 0 spiro atoms. The molecule has 2 N–H and O–H groups in total. The molecule has 0 saturated carbocycles. The minimum atomic E-state index is -0.639. The fourth-order valence-electron chi connectivity index (χ4n) is 1.53. The van der Waals surface area contributed by atoms with Crippen LogP contribution in [-0.4, -0.2) is 35.8 Å². The van der Waals surface area contributed by atoms with Crippen molar-refractivity contribution >= 4 is 0 Å². The molecule has 0 rings (SSSR count). The lowest BCUT2D eigenvalue weighted by atomic mass is 10.1. The van der Waals surface area contributed by atoms with Crippen LogP contribution in [0.15, 0.2) is 12.3 Å². The number of hydrazine groups is 1. The standard InChI is InChI=1S/C13H27N2O3/c1-4-5-6-7-8-9-10-15(17)14-13(11-18-3)12(2)16/h9-10,12-13,16H,4-8,11H2,1-3H3,(H,14,17)/q+1/b10-9+/t12-,13+/m1/s1. The number of hydrogen-bond acceptors (Lipinski definition) is 3. The zero-order valence-corrected chi connectivity index (χ0v) is 11.8. The lowest BCUT2D eigenvalue weighted by molar-refractivity contribution is -0.553. The van der Waals surface area contributed by atoms with Crippen LogP contribution in [0.4, 0.5) is 0 Å². The molecule has 0 aromatic rings. The van der Waals surface area contributed by atoms with Crippen LogP contribution in [-0.2, 0) is 4.74 Å². The Labute approximate surface area is 110 Å². The number of rotatable bonds is 11. The van der Waals surface area contributed by atoms with Gasteiger partial charge in [-0.1, -0.05) is 26.2 Å². The van der Waals surface area contributed by atoms with Crippen molar-refractivity contribution in [2.75, 3.05) is 13.7 Å². The summed E-state index contributed by atoms with van der Waals surface area (Å²) in [7, 11) is 1.54. The molecule has 0 unspecified atom stereocenters. The number of aliphatic hydroxyl groups excluding tert-OH is 1. The van der Waals surface area contributed by atoms with E-state index >= 15 is 0 Å². The lowest BCUT2D eigenvalue weighted by Gasteiger charge is -2.14. The highest BCUT2D eigenvalue weighted by atomic mass is 16.5. The summed E-state index contributed by atoms with van der Waals surface area (Å²) in [6.07, 6.45) is 8.34. The number of nitrogens with one attached hydrogen (secondary N) is 1. The number of aliphatic hydroxyl groups is 1. The first-order valence-electron chi connectivity index (χ1n) is 6.68. The highest BCUT2D eigenvalue weighted by Gasteiger charge is 2.20. The van der Waals surface area contributed by atoms with Gasteiger partial charge in [0.05, 0.1) is 17.6 Å². The molecule has 0 radical (unpaired) electrons. The molecule has 0 bridgehead atoms. The normalized spacial score (nSPS) is 14.7. The van der Waals surface area contributed by atoms with Gasteiger partial charge in [0.15, 0.2) is 0 Å². The molecule has 0 aliphatic rings. The summed E-state index contributed by atoms with van der Waals surface area (Å²) in [5.41, 5.74) is 2.64. The Hall–Kier alpha value is -0.940. The molecular weight excluding hydrogens is 232 g/mol. The second-order valence-corrected chi connectivity index (χ2v) is 4.49. The summed E-state index contributed by atoms with van der Waals surface area (Å²) in [5, 5.41) is 9.43. The smallest absolute Gasteiger partial charge is 0.253 e. The van der Waals surface area contributed by atoms with Gasteiger partial charge in [-0.15, -0.1) is 5.43 Å². The molecule has 2 atom stereocenters. The van der Waals surface area contributed by atoms with Crippen LogP contribution in [0, 0.1) is 4.91 Å². The van der Waals surface area contributed by atoms with Crippen LogP contribution in [0.1, 0.15) is 46.0 Å². The molecule has 0 heterocycles. The monoisotopic (exact) mass is 259 g/mol. The number of unbranched alkanes of at least 4 members (excludes halogenated alkanes) is 4. The van der Waals surface area contributed by atoms with E-state index in [1.807, 2.05) is 6.08 Å². The van der Waals surface area contributed by atoms with Crippen LogP contribution < -0.4 is 5.43 Å². The molecular formula is C13H27N2O3+. The van der Waals surface area contributed by atoms with Crippen molar-refractivity contribution in [1.82, 2.24) is 5.43 Å². The Morgan fingerprint density at radius 2 is 2.11 bits per heavy atom. The topological polar surface area (TPSA) is 61.6 Å². The lowest BCUT2D eigenvalue weighted by Crippen LogP contribution is -2.44. The van der Waals surface area contributed by atoms with E-state index < -0.39 is 12.1 Å². The first kappa shape index (κ1) is 17.1. The van der Waals surface area contributed by atoms with Gasteiger partial charge in [-0.2, -0.15) is 0 Å². The van der Waals surface area contributed by atoms with Gasteiger partial charge in [0.1, 0.15) is 10.9 Å². The quantitative estimate of drug-likeness (QED) is 0.339. The zero-order valence-electron chi connectivity index (χ0n) is 11.8. The predicted molar refractivity (Wildman–Crippen MR) is 72.0 cm³/mol. The van der Waals surface area contributed by atoms with E-state index in [9.17, 15) is 10.0 Å². The van der Waals surface area contributed by atoms with E-state index in [2.05, 4.69) is 12.3 Å². The number of hydrogen-bond donors (Lipinski definition) is 2. The number of nitroso groups, excluding NO2 is 1. The van der Waals surface area contributed by atoms with Crippen molar-refractivity contribution in [3.8, 4) is 0 Å². The first-order chi connectivity index (χ1) is 8.61. The molecule has 0 fully saturated rings. The average molecular weight is 259 g/mol. The van der Waals surface area contributed by atoms with Crippen molar-refractivity contribution in [3.63, 3.8) is 0 Å². The highest BCUT2D eigenvalue weighted by molar-refractivity contribution is 4.73. The summed E-state index contributed by atoms with van der Waals surface area (Å²) in [6, 6.07) is -0.391. The molecule has 18 heavy (non-hydrogen) atoms. The second kappa shape index (κ2) is 11.2. The SMILES string of the molecule is CCCCCC/C=C/[N+](=O)N[C@@H](COC)[C@@H](C)O. The van der Waals surface area contributed by atoms with E-state index in [1.54, 1.807) is 6.92 Å². The predicted octanol–water partition coefficient (Wildman–Crippen LogP) is 2.15. The summed E-state index contributed by atoms with van der Waals surface area (Å²) >= 11 is 0. The van der Waals surface area contributed by atoms with Crippen LogP contribution in [0.5, 0.6) is 0 Å². The summed E-state index contributed by atoms with van der Waals surface area (Å²) in [4.78, 5) is 12.1. The van der Waals surface area contributed by atoms with Crippen molar-refractivity contribution in [2.45, 2.75) is 58.1 Å². The molecule has 106 valence electrons. The molecule has 5 nitrogen and oxygen atoms in total. The molecule has 0 amide bonds. The van der Waals surface area contributed by atoms with Crippen LogP contribution >= 0.6 is 0 Å². The van der Waals surface area contributed by atoms with Crippen LogP contribution in [0.2, 0.25) is 0 Å². The highest BCUT2D eigenvalue weighted by Crippen LogP contribution is 2.02. The molecule has 5 heteroatoms. The second-order valence-electron chi connectivity index (χ2n) is 4.49. The van der Waals surface area contributed by atoms with Gasteiger partial charge in [0, 0.05) is 7.11 Å². The minimum Gasteiger partial charge on any atom is -0.391 e. The molecule has 0 aliphatic carbocycles. The van der Waals surface area contributed by atoms with E-state index in [1.165, 1.54) is 32.6 Å². The van der Waals surface area contributed by atoms with Crippen molar-refractivity contribution in [2.24, 2.45) is 0 Å². The zero-order chi connectivity index (χ0) is 13.8. The fourth-order valence-corrected chi connectivity index (χ4v) is 1.53. The third kappa shape index (κ3) is 9.13. The van der Waals surface area contributed by atoms with Gasteiger partial charge >= 0.3 is 0 Å². The van der Waals surface area contributed by atoms with E-state index in [0.29, 0.717) is 11.5 Å². The Morgan fingerprint density at radius 3 is 2.67 bits per heavy atom. The van der Waals surface area contributed by atoms with Gasteiger partial charge in [-0.25, -0.2) is 0 Å². The van der Waals surface area contributed by atoms with Crippen molar-refractivity contribution in [1.29, 1.82) is 0 Å². The fraction of sp³-hybridized carbons (Fsp3) is 0.846. The van der Waals surface area contributed by atoms with Crippen molar-refractivity contribution < 1.29 is 14.7 Å². The Bertz CT molecular complexity index is 242. The average Bonchev–Trinajstić information content (AvgIpc) is 2.33. The Morgan fingerprint density at radius 1 is 1.39 bits per heavy atom. The number of ether oxygens (including phenoxy) is 1. The maximum atomic E-state index is 11.5. The summed E-state index contributed by atoms with van der Waals surface area (Å²) in [5.74, 6) is 0. The Balaban J connectivity index is 3.82. The summed E-state index contributed by atoms with van der Waals surface area (Å²) < 4.78 is 4.92. The van der Waals surface area contributed by atoms with Gasteiger partial charge in [-0.05, 0) is 25.8 Å². The third-order valence-electron chi connectivity index (χ3n) is 2.69. The largest absolute Gasteiger partial charge is 0.391 e. The molecule has 0 aromatic heterocycles. The van der Waals surface area contributed by atoms with E-state index in [-0.39, 0.29) is 0 Å². The van der Waals surface area contributed by atoms with Gasteiger partial charge < -0.3 is 9.84 Å².